The molecule has 2 aliphatic heterocycles. The quantitative estimate of drug-likeness (QED) is 0.166. The van der Waals surface area contributed by atoms with Gasteiger partial charge in [-0.05, 0) is 97.1 Å². The summed E-state index contributed by atoms with van der Waals surface area (Å²) in [6, 6.07) is 83.4. The predicted molar refractivity (Wildman–Crippen MR) is 258 cm³/mol. The van der Waals surface area contributed by atoms with Crippen LogP contribution in [0.5, 0.6) is 0 Å². The Morgan fingerprint density at radius 1 is 0.297 bits per heavy atom. The summed E-state index contributed by atoms with van der Waals surface area (Å²) < 4.78 is 13.7. The maximum absolute atomic E-state index is 6.83. The number of hydrogen-bond acceptors (Lipinski definition) is 6. The summed E-state index contributed by atoms with van der Waals surface area (Å²) >= 11 is 0. The van der Waals surface area contributed by atoms with E-state index in [1.54, 1.807) is 0 Å². The maximum Gasteiger partial charge on any atom is 0.307 e. The molecular formula is C56H38N4O2S2. The monoisotopic (exact) mass is 862 g/mol. The lowest BCUT2D eigenvalue weighted by Crippen LogP contribution is -2.21. The first-order valence-corrected chi connectivity index (χ1v) is 24.6. The van der Waals surface area contributed by atoms with Crippen LogP contribution in [-0.4, -0.2) is 9.97 Å². The van der Waals surface area contributed by atoms with Gasteiger partial charge in [-0.2, -0.15) is 9.97 Å². The lowest BCUT2D eigenvalue weighted by Gasteiger charge is -2.48. The molecule has 0 N–H and O–H groups in total. The van der Waals surface area contributed by atoms with E-state index in [-0.39, 0.29) is 0 Å². The normalized spacial score (nSPS) is 15.4. The Morgan fingerprint density at radius 3 is 0.828 bits per heavy atom. The van der Waals surface area contributed by atoms with Crippen molar-refractivity contribution in [3.8, 4) is 0 Å². The summed E-state index contributed by atoms with van der Waals surface area (Å²) in [5.74, 6) is 0. The first kappa shape index (κ1) is 36.8. The fourth-order valence-electron chi connectivity index (χ4n) is 9.81. The van der Waals surface area contributed by atoms with Gasteiger partial charge in [0.1, 0.15) is 11.0 Å². The molecule has 9 aromatic carbocycles. The van der Waals surface area contributed by atoms with Crippen LogP contribution in [-0.2, 0) is 0 Å². The highest BCUT2D eigenvalue weighted by Crippen LogP contribution is 2.81. The highest BCUT2D eigenvalue weighted by atomic mass is 32.3. The van der Waals surface area contributed by atoms with Gasteiger partial charge in [-0.1, -0.05) is 121 Å². The molecule has 0 saturated heterocycles. The highest BCUT2D eigenvalue weighted by molar-refractivity contribution is 8.34. The van der Waals surface area contributed by atoms with Crippen LogP contribution in [0.1, 0.15) is 0 Å². The topological polar surface area (TPSA) is 58.5 Å². The van der Waals surface area contributed by atoms with Gasteiger partial charge in [0.25, 0.3) is 0 Å². The minimum atomic E-state index is -1.90. The molecule has 0 atom stereocenters. The number of aromatic nitrogens is 2. The second kappa shape index (κ2) is 14.4. The molecule has 0 fully saturated rings. The van der Waals surface area contributed by atoms with Crippen LogP contribution in [0, 0.1) is 0 Å². The van der Waals surface area contributed by atoms with Crippen molar-refractivity contribution in [3.05, 3.63) is 231 Å². The van der Waals surface area contributed by atoms with Crippen LogP contribution in [0.25, 0.3) is 22.2 Å². The zero-order valence-electron chi connectivity index (χ0n) is 34.4. The SMILES string of the molecule is c1ccc(S2(c3ccccc3)c3ccccc3N(c3nc4cc5oc(N6c7ccccc7S(c7ccccc7)(c7ccccc7)c7ccccc76)nc5cc4o3)c3ccccc32)cc1. The molecule has 4 heterocycles. The molecular weight excluding hydrogens is 825 g/mol. The summed E-state index contributed by atoms with van der Waals surface area (Å²) in [7, 11) is -3.81. The lowest BCUT2D eigenvalue weighted by molar-refractivity contribution is 0.604. The van der Waals surface area contributed by atoms with Crippen LogP contribution in [0.3, 0.4) is 0 Å². The molecule has 2 aromatic heterocycles. The van der Waals surface area contributed by atoms with E-state index in [0.717, 1.165) is 22.7 Å². The Balaban J connectivity index is 0.961. The number of benzene rings is 9. The molecule has 0 aliphatic carbocycles. The maximum atomic E-state index is 6.83. The van der Waals surface area contributed by atoms with Gasteiger partial charge in [0.2, 0.25) is 0 Å². The number of rotatable bonds is 6. The summed E-state index contributed by atoms with van der Waals surface area (Å²) in [4.78, 5) is 24.8. The van der Waals surface area contributed by atoms with Crippen LogP contribution in [0.4, 0.5) is 34.8 Å². The third kappa shape index (κ3) is 5.18. The second-order valence-electron chi connectivity index (χ2n) is 15.8. The first-order chi connectivity index (χ1) is 31.7. The predicted octanol–water partition coefficient (Wildman–Crippen LogP) is 16.2. The number of nitrogens with zero attached hydrogens (tertiary/aromatic N) is 4. The average Bonchev–Trinajstić information content (AvgIpc) is 3.98. The molecule has 8 heteroatoms. The number of hydrogen-bond donors (Lipinski definition) is 0. The van der Waals surface area contributed by atoms with Gasteiger partial charge in [0.15, 0.2) is 11.2 Å². The number of anilines is 6. The molecule has 6 nitrogen and oxygen atoms in total. The number of oxazole rings is 2. The third-order valence-corrected chi connectivity index (χ3v) is 20.3. The Morgan fingerprint density at radius 2 is 0.547 bits per heavy atom. The first-order valence-electron chi connectivity index (χ1n) is 21.3. The van der Waals surface area contributed by atoms with Crippen molar-refractivity contribution >= 4 is 77.0 Å². The third-order valence-electron chi connectivity index (χ3n) is 12.4. The fourth-order valence-corrected chi connectivity index (χ4v) is 18.1. The summed E-state index contributed by atoms with van der Waals surface area (Å²) in [6.45, 7) is 0. The largest absolute Gasteiger partial charge is 0.423 e. The Hall–Kier alpha value is -7.78. The minimum Gasteiger partial charge on any atom is -0.423 e. The van der Waals surface area contributed by atoms with E-state index < -0.39 is 20.1 Å². The van der Waals surface area contributed by atoms with Crippen LogP contribution < -0.4 is 9.80 Å². The Bertz CT molecular complexity index is 3080. The highest BCUT2D eigenvalue weighted by Gasteiger charge is 2.45. The Kier molecular flexibility index (Phi) is 8.28. The van der Waals surface area contributed by atoms with Gasteiger partial charge in [-0.25, -0.2) is 0 Å². The van der Waals surface area contributed by atoms with Gasteiger partial charge in [-0.3, -0.25) is 9.80 Å². The van der Waals surface area contributed by atoms with Crippen molar-refractivity contribution < 1.29 is 8.83 Å². The molecule has 0 spiro atoms. The lowest BCUT2D eigenvalue weighted by atomic mass is 10.2. The van der Waals surface area contributed by atoms with Gasteiger partial charge < -0.3 is 8.83 Å². The van der Waals surface area contributed by atoms with Crippen LogP contribution >= 0.6 is 20.1 Å². The smallest absolute Gasteiger partial charge is 0.307 e. The van der Waals surface area contributed by atoms with Crippen molar-refractivity contribution in [2.75, 3.05) is 9.80 Å². The van der Waals surface area contributed by atoms with E-state index in [4.69, 9.17) is 18.8 Å². The molecule has 0 bridgehead atoms. The molecule has 0 amide bonds. The van der Waals surface area contributed by atoms with Gasteiger partial charge in [0.05, 0.1) is 22.7 Å². The van der Waals surface area contributed by atoms with Crippen molar-refractivity contribution in [2.24, 2.45) is 0 Å². The molecule has 0 saturated carbocycles. The molecule has 2 aliphatic rings. The zero-order chi connectivity index (χ0) is 42.2. The van der Waals surface area contributed by atoms with E-state index in [2.05, 4.69) is 228 Å². The number of para-hydroxylation sites is 4. The molecule has 13 rings (SSSR count). The van der Waals surface area contributed by atoms with Crippen molar-refractivity contribution in [1.29, 1.82) is 0 Å². The van der Waals surface area contributed by atoms with Crippen LogP contribution in [0.2, 0.25) is 0 Å². The van der Waals surface area contributed by atoms with E-state index in [1.165, 1.54) is 39.2 Å². The van der Waals surface area contributed by atoms with E-state index in [0.29, 0.717) is 34.2 Å². The summed E-state index contributed by atoms with van der Waals surface area (Å²) in [5.41, 5.74) is 6.76. The van der Waals surface area contributed by atoms with Gasteiger partial charge in [-0.15, -0.1) is 20.1 Å². The van der Waals surface area contributed by atoms with Crippen LogP contribution in [0.15, 0.2) is 279 Å². The molecule has 0 radical (unpaired) electrons. The molecule has 11 aromatic rings. The summed E-state index contributed by atoms with van der Waals surface area (Å²) in [5, 5.41) is 0. The average molecular weight is 863 g/mol. The van der Waals surface area contributed by atoms with Crippen molar-refractivity contribution in [2.45, 2.75) is 39.2 Å². The van der Waals surface area contributed by atoms with E-state index in [9.17, 15) is 0 Å². The van der Waals surface area contributed by atoms with Crippen molar-refractivity contribution in [1.82, 2.24) is 9.97 Å². The second-order valence-corrected chi connectivity index (χ2v) is 21.9. The Labute approximate surface area is 373 Å². The molecule has 64 heavy (non-hydrogen) atoms. The zero-order valence-corrected chi connectivity index (χ0v) is 36.0. The van der Waals surface area contributed by atoms with E-state index >= 15 is 0 Å². The van der Waals surface area contributed by atoms with Gasteiger partial charge >= 0.3 is 12.0 Å². The van der Waals surface area contributed by atoms with E-state index in [1.807, 2.05) is 12.1 Å². The number of fused-ring (bicyclic) bond motifs is 6. The summed E-state index contributed by atoms with van der Waals surface area (Å²) in [6.07, 6.45) is 0. The fraction of sp³-hybridized carbons (Fsp3) is 0. The minimum absolute atomic E-state index is 0.483. The van der Waals surface area contributed by atoms with Crippen molar-refractivity contribution in [3.63, 3.8) is 0 Å². The molecule has 306 valence electrons. The van der Waals surface area contributed by atoms with Gasteiger partial charge in [0, 0.05) is 51.3 Å². The molecule has 0 unspecified atom stereocenters. The standard InChI is InChI=1S/C56H38N4O2S2/c1-5-21-39(22-6-1)63(40-23-7-2-8-24-40)51-33-17-13-29-45(51)59(46-30-14-18-34-52(46)63)55-57-43-37-50-44(38-49(43)61-55)58-56(62-50)60-47-31-15-19-35-53(47)64(41-25-9-3-10-26-41,42-27-11-4-12-28-42)54-36-20-16-32-48(54)60/h1-38H.